The second-order valence-corrected chi connectivity index (χ2v) is 7.58. The van der Waals surface area contributed by atoms with Gasteiger partial charge in [-0.15, -0.1) is 0 Å². The van der Waals surface area contributed by atoms with Crippen molar-refractivity contribution in [2.45, 2.75) is 28.9 Å². The van der Waals surface area contributed by atoms with Crippen LogP contribution >= 0.6 is 23.2 Å². The summed E-state index contributed by atoms with van der Waals surface area (Å²) in [6, 6.07) is 6.34. The van der Waals surface area contributed by atoms with Crippen LogP contribution in [0.4, 0.5) is 10.1 Å². The van der Waals surface area contributed by atoms with Crippen LogP contribution in [0.15, 0.2) is 24.3 Å². The number of hydrogen-bond acceptors (Lipinski definition) is 3. The highest BCUT2D eigenvalue weighted by Crippen LogP contribution is 2.60. The number of methoxy groups -OCH3 is 1. The molecule has 0 radical (unpaired) electrons. The lowest BCUT2D eigenvalue weighted by molar-refractivity contribution is -0.142. The van der Waals surface area contributed by atoms with Gasteiger partial charge in [-0.3, -0.25) is 9.59 Å². The SMILES string of the molecule is COc1cccc(N2CCC(N(C)C(=O)C3(F)CC3(Cl)Cl)C2=O)c1. The van der Waals surface area contributed by atoms with E-state index < -0.39 is 22.0 Å². The molecule has 0 N–H and O–H groups in total. The summed E-state index contributed by atoms with van der Waals surface area (Å²) in [4.78, 5) is 27.7. The molecule has 1 aliphatic heterocycles. The van der Waals surface area contributed by atoms with Gasteiger partial charge in [-0.05, 0) is 18.6 Å². The van der Waals surface area contributed by atoms with Crippen LogP contribution in [0, 0.1) is 0 Å². The summed E-state index contributed by atoms with van der Waals surface area (Å²) < 4.78 is 17.9. The Morgan fingerprint density at radius 2 is 2.12 bits per heavy atom. The predicted molar refractivity (Wildman–Crippen MR) is 89.4 cm³/mol. The molecule has 2 amide bonds. The zero-order valence-corrected chi connectivity index (χ0v) is 14.8. The van der Waals surface area contributed by atoms with Crippen molar-refractivity contribution in [3.8, 4) is 5.75 Å². The van der Waals surface area contributed by atoms with E-state index >= 15 is 0 Å². The molecule has 2 unspecified atom stereocenters. The molecule has 130 valence electrons. The number of nitrogens with zero attached hydrogens (tertiary/aromatic N) is 2. The molecular weight excluding hydrogens is 358 g/mol. The van der Waals surface area contributed by atoms with Crippen LogP contribution in [0.2, 0.25) is 0 Å². The smallest absolute Gasteiger partial charge is 0.263 e. The van der Waals surface area contributed by atoms with Crippen LogP contribution in [-0.2, 0) is 9.59 Å². The summed E-state index contributed by atoms with van der Waals surface area (Å²) in [6.07, 6.45) is 0.152. The molecule has 1 aromatic rings. The number of hydrogen-bond donors (Lipinski definition) is 0. The Kier molecular flexibility index (Phi) is 4.16. The van der Waals surface area contributed by atoms with E-state index in [4.69, 9.17) is 27.9 Å². The molecule has 1 aromatic carbocycles. The normalized spacial score (nSPS) is 28.0. The Morgan fingerprint density at radius 1 is 1.46 bits per heavy atom. The van der Waals surface area contributed by atoms with Crippen molar-refractivity contribution in [3.63, 3.8) is 0 Å². The van der Waals surface area contributed by atoms with Gasteiger partial charge >= 0.3 is 0 Å². The van der Waals surface area contributed by atoms with Gasteiger partial charge in [0.25, 0.3) is 5.91 Å². The fraction of sp³-hybridized carbons (Fsp3) is 0.500. The topological polar surface area (TPSA) is 49.9 Å². The number of ether oxygens (including phenoxy) is 1. The molecule has 2 fully saturated rings. The van der Waals surface area contributed by atoms with Crippen LogP contribution in [0.3, 0.4) is 0 Å². The molecule has 0 bridgehead atoms. The molecule has 2 atom stereocenters. The van der Waals surface area contributed by atoms with Crippen LogP contribution < -0.4 is 9.64 Å². The third-order valence-corrected chi connectivity index (χ3v) is 5.46. The monoisotopic (exact) mass is 374 g/mol. The average molecular weight is 375 g/mol. The van der Waals surface area contributed by atoms with Gasteiger partial charge in [-0.2, -0.15) is 0 Å². The number of anilines is 1. The third-order valence-electron chi connectivity index (χ3n) is 4.59. The van der Waals surface area contributed by atoms with Crippen molar-refractivity contribution < 1.29 is 18.7 Å². The maximum Gasteiger partial charge on any atom is 0.263 e. The first-order valence-corrected chi connectivity index (χ1v) is 8.26. The molecule has 3 rings (SSSR count). The average Bonchev–Trinajstić information content (AvgIpc) is 2.89. The van der Waals surface area contributed by atoms with Gasteiger partial charge in [0, 0.05) is 31.8 Å². The molecule has 0 spiro atoms. The highest BCUT2D eigenvalue weighted by Gasteiger charge is 2.74. The minimum atomic E-state index is -2.31. The Morgan fingerprint density at radius 3 is 2.71 bits per heavy atom. The largest absolute Gasteiger partial charge is 0.497 e. The van der Waals surface area contributed by atoms with E-state index in [0.29, 0.717) is 24.4 Å². The molecule has 5 nitrogen and oxygen atoms in total. The van der Waals surface area contributed by atoms with E-state index in [0.717, 1.165) is 4.90 Å². The van der Waals surface area contributed by atoms with Crippen LogP contribution in [0.25, 0.3) is 0 Å². The molecule has 1 saturated heterocycles. The summed E-state index contributed by atoms with van der Waals surface area (Å²) >= 11 is 11.4. The fourth-order valence-electron chi connectivity index (χ4n) is 2.97. The Balaban J connectivity index is 1.75. The quantitative estimate of drug-likeness (QED) is 0.760. The zero-order valence-electron chi connectivity index (χ0n) is 13.3. The van der Waals surface area contributed by atoms with Gasteiger partial charge in [0.15, 0.2) is 4.33 Å². The number of carbonyl (C=O) groups excluding carboxylic acids is 2. The summed E-state index contributed by atoms with van der Waals surface area (Å²) in [7, 11) is 2.95. The molecule has 1 saturated carbocycles. The Hall–Kier alpha value is -1.53. The molecule has 8 heteroatoms. The summed E-state index contributed by atoms with van der Waals surface area (Å²) in [5, 5.41) is 0. The number of benzene rings is 1. The lowest BCUT2D eigenvalue weighted by Gasteiger charge is -2.26. The van der Waals surface area contributed by atoms with Crippen molar-refractivity contribution >= 4 is 40.7 Å². The maximum atomic E-state index is 14.4. The molecule has 1 heterocycles. The van der Waals surface area contributed by atoms with Gasteiger partial charge in [-0.1, -0.05) is 29.3 Å². The lowest BCUT2D eigenvalue weighted by atomic mass is 10.2. The van der Waals surface area contributed by atoms with E-state index in [9.17, 15) is 14.0 Å². The maximum absolute atomic E-state index is 14.4. The molecule has 0 aromatic heterocycles. The summed E-state index contributed by atoms with van der Waals surface area (Å²) in [6.45, 7) is 0.431. The molecule has 1 aliphatic carbocycles. The number of rotatable bonds is 4. The van der Waals surface area contributed by atoms with Crippen LogP contribution in [0.5, 0.6) is 5.75 Å². The number of halogens is 3. The third kappa shape index (κ3) is 2.62. The van der Waals surface area contributed by atoms with E-state index in [-0.39, 0.29) is 12.3 Å². The highest BCUT2D eigenvalue weighted by molar-refractivity contribution is 6.54. The number of likely N-dealkylation sites (N-methyl/N-ethyl adjacent to an activating group) is 1. The summed E-state index contributed by atoms with van der Waals surface area (Å²) in [5.41, 5.74) is -1.64. The standard InChI is InChI=1S/C16H17Cl2FN2O3/c1-20(14(23)15(19)9-16(15,17)18)12-6-7-21(13(12)22)10-4-3-5-11(8-10)24-2/h3-5,8,12H,6-7,9H2,1-2H3. The van der Waals surface area contributed by atoms with Crippen molar-refractivity contribution in [3.05, 3.63) is 24.3 Å². The van der Waals surface area contributed by atoms with Crippen LogP contribution in [0.1, 0.15) is 12.8 Å². The van der Waals surface area contributed by atoms with Gasteiger partial charge in [0.2, 0.25) is 11.6 Å². The minimum absolute atomic E-state index is 0.257. The van der Waals surface area contributed by atoms with Gasteiger partial charge in [-0.25, -0.2) is 4.39 Å². The second kappa shape index (κ2) is 5.77. The Bertz CT molecular complexity index is 700. The van der Waals surface area contributed by atoms with E-state index in [1.54, 1.807) is 36.3 Å². The first kappa shape index (κ1) is 17.3. The van der Waals surface area contributed by atoms with Crippen molar-refractivity contribution in [2.75, 3.05) is 25.6 Å². The molecular formula is C16H17Cl2FN2O3. The van der Waals surface area contributed by atoms with E-state index in [1.807, 2.05) is 0 Å². The lowest BCUT2D eigenvalue weighted by Crippen LogP contribution is -2.48. The van der Waals surface area contributed by atoms with Gasteiger partial charge in [0.05, 0.1) is 7.11 Å². The van der Waals surface area contributed by atoms with E-state index in [1.165, 1.54) is 7.05 Å². The molecule has 24 heavy (non-hydrogen) atoms. The fourth-order valence-corrected chi connectivity index (χ4v) is 3.50. The molecule has 2 aliphatic rings. The first-order chi connectivity index (χ1) is 11.2. The van der Waals surface area contributed by atoms with Crippen LogP contribution in [-0.4, -0.2) is 53.5 Å². The number of carbonyl (C=O) groups is 2. The predicted octanol–water partition coefficient (Wildman–Crippen LogP) is 2.54. The van der Waals surface area contributed by atoms with Crippen molar-refractivity contribution in [1.82, 2.24) is 4.90 Å². The number of amides is 2. The van der Waals surface area contributed by atoms with Crippen molar-refractivity contribution in [1.29, 1.82) is 0 Å². The Labute approximate surface area is 149 Å². The second-order valence-electron chi connectivity index (χ2n) is 6.09. The first-order valence-electron chi connectivity index (χ1n) is 7.51. The number of alkyl halides is 3. The highest BCUT2D eigenvalue weighted by atomic mass is 35.5. The summed E-state index contributed by atoms with van der Waals surface area (Å²) in [5.74, 6) is -0.487. The van der Waals surface area contributed by atoms with E-state index in [2.05, 4.69) is 0 Å². The minimum Gasteiger partial charge on any atom is -0.497 e. The zero-order chi connectivity index (χ0) is 17.7. The van der Waals surface area contributed by atoms with Crippen molar-refractivity contribution in [2.24, 2.45) is 0 Å². The van der Waals surface area contributed by atoms with Gasteiger partial charge < -0.3 is 14.5 Å². The van der Waals surface area contributed by atoms with Gasteiger partial charge in [0.1, 0.15) is 11.8 Å².